The lowest BCUT2D eigenvalue weighted by molar-refractivity contribution is -0.131. The van der Waals surface area contributed by atoms with Crippen molar-refractivity contribution in [3.63, 3.8) is 0 Å². The molecule has 0 aliphatic heterocycles. The average Bonchev–Trinajstić information content (AvgIpc) is 2.10. The van der Waals surface area contributed by atoms with Gasteiger partial charge in [0, 0.05) is 25.6 Å². The second-order valence-electron chi connectivity index (χ2n) is 3.11. The second-order valence-corrected chi connectivity index (χ2v) is 3.11. The first kappa shape index (κ1) is 12.7. The standard InChI is InChI=1S/C10H16N2O2/c1-3-12(6-4-5-11)8-9(2)7-10(13)14/h7H,3-4,6,8H2,1-2H3,(H,13,14). The summed E-state index contributed by atoms with van der Waals surface area (Å²) in [6.07, 6.45) is 1.68. The summed E-state index contributed by atoms with van der Waals surface area (Å²) in [5, 5.41) is 16.9. The summed E-state index contributed by atoms with van der Waals surface area (Å²) in [4.78, 5) is 12.4. The normalized spacial score (nSPS) is 11.4. The first-order chi connectivity index (χ1) is 6.60. The molecule has 0 aromatic carbocycles. The Hall–Kier alpha value is -1.34. The quantitative estimate of drug-likeness (QED) is 0.649. The van der Waals surface area contributed by atoms with Gasteiger partial charge in [-0.15, -0.1) is 0 Å². The van der Waals surface area contributed by atoms with Crippen LogP contribution in [-0.4, -0.2) is 35.6 Å². The number of nitrogens with zero attached hydrogens (tertiary/aromatic N) is 2. The number of rotatable bonds is 6. The van der Waals surface area contributed by atoms with Gasteiger partial charge in [-0.3, -0.25) is 4.90 Å². The fourth-order valence-electron chi connectivity index (χ4n) is 1.17. The summed E-state index contributed by atoms with van der Waals surface area (Å²) in [6.45, 7) is 5.91. The van der Waals surface area contributed by atoms with E-state index < -0.39 is 5.97 Å². The van der Waals surface area contributed by atoms with Gasteiger partial charge in [0.2, 0.25) is 0 Å². The summed E-state index contributed by atoms with van der Waals surface area (Å²) in [7, 11) is 0. The van der Waals surface area contributed by atoms with Crippen LogP contribution in [0.25, 0.3) is 0 Å². The minimum absolute atomic E-state index is 0.480. The molecule has 0 rings (SSSR count). The molecule has 78 valence electrons. The summed E-state index contributed by atoms with van der Waals surface area (Å²) in [6, 6.07) is 2.07. The van der Waals surface area contributed by atoms with Crippen molar-refractivity contribution in [3.8, 4) is 6.07 Å². The van der Waals surface area contributed by atoms with E-state index >= 15 is 0 Å². The largest absolute Gasteiger partial charge is 0.478 e. The lowest BCUT2D eigenvalue weighted by Crippen LogP contribution is -2.26. The number of likely N-dealkylation sites (N-methyl/N-ethyl adjacent to an activating group) is 1. The Morgan fingerprint density at radius 1 is 1.64 bits per heavy atom. The maximum atomic E-state index is 10.3. The van der Waals surface area contributed by atoms with Gasteiger partial charge in [0.1, 0.15) is 0 Å². The molecule has 0 fully saturated rings. The zero-order valence-electron chi connectivity index (χ0n) is 8.66. The minimum Gasteiger partial charge on any atom is -0.478 e. The molecule has 1 N–H and O–H groups in total. The zero-order valence-corrected chi connectivity index (χ0v) is 8.66. The van der Waals surface area contributed by atoms with Gasteiger partial charge in [0.15, 0.2) is 0 Å². The topological polar surface area (TPSA) is 64.3 Å². The van der Waals surface area contributed by atoms with Gasteiger partial charge in [-0.05, 0) is 13.5 Å². The molecule has 0 aliphatic carbocycles. The Kier molecular flexibility index (Phi) is 6.42. The van der Waals surface area contributed by atoms with Crippen molar-refractivity contribution in [2.24, 2.45) is 0 Å². The zero-order chi connectivity index (χ0) is 11.0. The van der Waals surface area contributed by atoms with Crippen molar-refractivity contribution in [1.29, 1.82) is 5.26 Å². The summed E-state index contributed by atoms with van der Waals surface area (Å²) in [5.41, 5.74) is 0.803. The van der Waals surface area contributed by atoms with E-state index in [0.29, 0.717) is 19.5 Å². The van der Waals surface area contributed by atoms with Crippen molar-refractivity contribution in [2.75, 3.05) is 19.6 Å². The van der Waals surface area contributed by atoms with E-state index in [9.17, 15) is 4.79 Å². The molecule has 14 heavy (non-hydrogen) atoms. The Balaban J connectivity index is 4.05. The fraction of sp³-hybridized carbons (Fsp3) is 0.600. The lowest BCUT2D eigenvalue weighted by atomic mass is 10.2. The van der Waals surface area contributed by atoms with Crippen molar-refractivity contribution in [1.82, 2.24) is 4.90 Å². The Morgan fingerprint density at radius 2 is 2.29 bits per heavy atom. The highest BCUT2D eigenvalue weighted by Gasteiger charge is 2.03. The van der Waals surface area contributed by atoms with Crippen LogP contribution in [-0.2, 0) is 4.79 Å². The maximum absolute atomic E-state index is 10.3. The predicted octanol–water partition coefficient (Wildman–Crippen LogP) is 1.25. The third kappa shape index (κ3) is 6.21. The smallest absolute Gasteiger partial charge is 0.328 e. The molecule has 0 unspecified atom stereocenters. The highest BCUT2D eigenvalue weighted by atomic mass is 16.4. The van der Waals surface area contributed by atoms with Crippen LogP contribution in [0.15, 0.2) is 11.6 Å². The molecule has 0 radical (unpaired) electrons. The average molecular weight is 196 g/mol. The number of carbonyl (C=O) groups is 1. The van der Waals surface area contributed by atoms with Crippen molar-refractivity contribution in [3.05, 3.63) is 11.6 Å². The Labute approximate surface area is 84.4 Å². The number of carboxylic acid groups (broad SMARTS) is 1. The number of hydrogen-bond acceptors (Lipinski definition) is 3. The van der Waals surface area contributed by atoms with Gasteiger partial charge in [-0.25, -0.2) is 4.79 Å². The molecule has 0 aliphatic rings. The fourth-order valence-corrected chi connectivity index (χ4v) is 1.17. The molecular weight excluding hydrogens is 180 g/mol. The van der Waals surface area contributed by atoms with Crippen LogP contribution in [0.3, 0.4) is 0 Å². The van der Waals surface area contributed by atoms with Crippen LogP contribution in [0.4, 0.5) is 0 Å². The molecule has 0 heterocycles. The summed E-state index contributed by atoms with van der Waals surface area (Å²) >= 11 is 0. The third-order valence-electron chi connectivity index (χ3n) is 1.83. The van der Waals surface area contributed by atoms with Crippen LogP contribution in [0, 0.1) is 11.3 Å². The molecule has 0 saturated carbocycles. The van der Waals surface area contributed by atoms with E-state index in [-0.39, 0.29) is 0 Å². The molecule has 0 aromatic heterocycles. The van der Waals surface area contributed by atoms with Crippen molar-refractivity contribution in [2.45, 2.75) is 20.3 Å². The van der Waals surface area contributed by atoms with Crippen LogP contribution in [0.5, 0.6) is 0 Å². The van der Waals surface area contributed by atoms with Gasteiger partial charge >= 0.3 is 5.97 Å². The molecule has 4 nitrogen and oxygen atoms in total. The number of aliphatic carboxylic acids is 1. The highest BCUT2D eigenvalue weighted by Crippen LogP contribution is 1.99. The van der Waals surface area contributed by atoms with Crippen LogP contribution in [0.2, 0.25) is 0 Å². The van der Waals surface area contributed by atoms with Crippen molar-refractivity contribution < 1.29 is 9.90 Å². The molecule has 0 saturated heterocycles. The first-order valence-electron chi connectivity index (χ1n) is 4.59. The molecule has 0 bridgehead atoms. The Morgan fingerprint density at radius 3 is 2.71 bits per heavy atom. The Bertz CT molecular complexity index is 253. The summed E-state index contributed by atoms with van der Waals surface area (Å²) < 4.78 is 0. The monoisotopic (exact) mass is 196 g/mol. The summed E-state index contributed by atoms with van der Waals surface area (Å²) in [5.74, 6) is -0.918. The molecule has 4 heteroatoms. The molecule has 0 amide bonds. The van der Waals surface area contributed by atoms with E-state index in [1.165, 1.54) is 6.08 Å². The van der Waals surface area contributed by atoms with Crippen LogP contribution >= 0.6 is 0 Å². The van der Waals surface area contributed by atoms with Crippen molar-refractivity contribution >= 4 is 5.97 Å². The van der Waals surface area contributed by atoms with E-state index in [1.54, 1.807) is 6.92 Å². The van der Waals surface area contributed by atoms with Gasteiger partial charge in [0.25, 0.3) is 0 Å². The predicted molar refractivity (Wildman–Crippen MR) is 53.7 cm³/mol. The number of hydrogen-bond donors (Lipinski definition) is 1. The molecule has 0 atom stereocenters. The van der Waals surface area contributed by atoms with Crippen LogP contribution in [0.1, 0.15) is 20.3 Å². The molecular formula is C10H16N2O2. The van der Waals surface area contributed by atoms with Gasteiger partial charge < -0.3 is 5.11 Å². The highest BCUT2D eigenvalue weighted by molar-refractivity contribution is 5.80. The minimum atomic E-state index is -0.918. The SMILES string of the molecule is CCN(CCC#N)CC(C)=CC(=O)O. The van der Waals surface area contributed by atoms with Crippen LogP contribution < -0.4 is 0 Å². The van der Waals surface area contributed by atoms with E-state index in [2.05, 4.69) is 6.07 Å². The second kappa shape index (κ2) is 7.10. The molecule has 0 aromatic rings. The number of nitriles is 1. The van der Waals surface area contributed by atoms with Gasteiger partial charge in [0.05, 0.1) is 6.07 Å². The van der Waals surface area contributed by atoms with E-state index in [0.717, 1.165) is 12.1 Å². The van der Waals surface area contributed by atoms with E-state index in [1.807, 2.05) is 11.8 Å². The maximum Gasteiger partial charge on any atom is 0.328 e. The third-order valence-corrected chi connectivity index (χ3v) is 1.83. The van der Waals surface area contributed by atoms with Gasteiger partial charge in [-0.1, -0.05) is 12.5 Å². The first-order valence-corrected chi connectivity index (χ1v) is 4.59. The molecule has 0 spiro atoms. The lowest BCUT2D eigenvalue weighted by Gasteiger charge is -2.18. The van der Waals surface area contributed by atoms with E-state index in [4.69, 9.17) is 10.4 Å². The number of carboxylic acids is 1. The van der Waals surface area contributed by atoms with Gasteiger partial charge in [-0.2, -0.15) is 5.26 Å².